The molecular formula is C16H17N3. The van der Waals surface area contributed by atoms with Gasteiger partial charge in [-0.15, -0.1) is 0 Å². The summed E-state index contributed by atoms with van der Waals surface area (Å²) in [6.45, 7) is 2.10. The van der Waals surface area contributed by atoms with Crippen molar-refractivity contribution in [2.75, 3.05) is 5.32 Å². The molecule has 19 heavy (non-hydrogen) atoms. The van der Waals surface area contributed by atoms with Crippen molar-refractivity contribution in [2.45, 2.75) is 13.3 Å². The highest BCUT2D eigenvalue weighted by atomic mass is 15.1. The van der Waals surface area contributed by atoms with E-state index in [0.717, 1.165) is 23.5 Å². The maximum absolute atomic E-state index is 4.19. The third kappa shape index (κ3) is 4.39. The van der Waals surface area contributed by atoms with E-state index >= 15 is 0 Å². The van der Waals surface area contributed by atoms with Crippen molar-refractivity contribution in [3.8, 4) is 0 Å². The van der Waals surface area contributed by atoms with Crippen molar-refractivity contribution in [3.63, 3.8) is 0 Å². The topological polar surface area (TPSA) is 36.8 Å². The van der Waals surface area contributed by atoms with Crippen LogP contribution in [0.25, 0.3) is 0 Å². The van der Waals surface area contributed by atoms with Crippen LogP contribution >= 0.6 is 0 Å². The van der Waals surface area contributed by atoms with Crippen molar-refractivity contribution < 1.29 is 0 Å². The van der Waals surface area contributed by atoms with E-state index in [0.29, 0.717) is 0 Å². The summed E-state index contributed by atoms with van der Waals surface area (Å²) in [4.78, 5) is 0. The van der Waals surface area contributed by atoms with E-state index in [1.807, 2.05) is 60.8 Å². The lowest BCUT2D eigenvalue weighted by atomic mass is 10.3. The van der Waals surface area contributed by atoms with Gasteiger partial charge in [0.1, 0.15) is 0 Å². The van der Waals surface area contributed by atoms with E-state index in [2.05, 4.69) is 28.5 Å². The van der Waals surface area contributed by atoms with E-state index < -0.39 is 0 Å². The summed E-state index contributed by atoms with van der Waals surface area (Å²) >= 11 is 0. The summed E-state index contributed by atoms with van der Waals surface area (Å²) < 4.78 is 0. The van der Waals surface area contributed by atoms with Gasteiger partial charge in [0.05, 0.1) is 11.4 Å². The molecule has 0 aliphatic rings. The highest BCUT2D eigenvalue weighted by Gasteiger charge is 1.91. The van der Waals surface area contributed by atoms with Gasteiger partial charge in [-0.2, -0.15) is 10.2 Å². The van der Waals surface area contributed by atoms with Crippen LogP contribution in [0.15, 0.2) is 77.1 Å². The molecule has 96 valence electrons. The molecule has 0 amide bonds. The number of hydrogen-bond donors (Lipinski definition) is 1. The lowest BCUT2D eigenvalue weighted by molar-refractivity contribution is 1.22. The Morgan fingerprint density at radius 2 is 1.53 bits per heavy atom. The number of nitrogens with one attached hydrogen (secondary N) is 1. The Balaban J connectivity index is 1.99. The van der Waals surface area contributed by atoms with Gasteiger partial charge < -0.3 is 5.32 Å². The van der Waals surface area contributed by atoms with E-state index in [4.69, 9.17) is 0 Å². The van der Waals surface area contributed by atoms with E-state index in [9.17, 15) is 0 Å². The monoisotopic (exact) mass is 251 g/mol. The molecular weight excluding hydrogens is 234 g/mol. The summed E-state index contributed by atoms with van der Waals surface area (Å²) in [7, 11) is 0. The van der Waals surface area contributed by atoms with E-state index in [-0.39, 0.29) is 0 Å². The predicted molar refractivity (Wildman–Crippen MR) is 80.1 cm³/mol. The molecule has 0 bridgehead atoms. The molecule has 0 saturated heterocycles. The maximum Gasteiger partial charge on any atom is 0.0858 e. The predicted octanol–water partition coefficient (Wildman–Crippen LogP) is 5.44. The van der Waals surface area contributed by atoms with Crippen LogP contribution < -0.4 is 5.32 Å². The third-order valence-corrected chi connectivity index (χ3v) is 2.51. The van der Waals surface area contributed by atoms with Gasteiger partial charge in [-0.3, -0.25) is 0 Å². The SMILES string of the molecule is CCC=CNc1ccc(N=Nc2ccccc2)cc1. The van der Waals surface area contributed by atoms with Gasteiger partial charge in [0.25, 0.3) is 0 Å². The lowest BCUT2D eigenvalue weighted by Crippen LogP contribution is -1.85. The summed E-state index contributed by atoms with van der Waals surface area (Å²) in [5.74, 6) is 0. The number of nitrogens with zero attached hydrogens (tertiary/aromatic N) is 2. The third-order valence-electron chi connectivity index (χ3n) is 2.51. The molecule has 0 saturated carbocycles. The molecule has 0 aromatic heterocycles. The van der Waals surface area contributed by atoms with Gasteiger partial charge in [-0.05, 0) is 49.0 Å². The molecule has 0 aliphatic heterocycles. The molecule has 0 fully saturated rings. The first-order valence-electron chi connectivity index (χ1n) is 6.37. The van der Waals surface area contributed by atoms with Gasteiger partial charge in [-0.25, -0.2) is 0 Å². The second-order valence-corrected chi connectivity index (χ2v) is 4.04. The van der Waals surface area contributed by atoms with Crippen molar-refractivity contribution >= 4 is 17.1 Å². The van der Waals surface area contributed by atoms with Crippen LogP contribution in [0.5, 0.6) is 0 Å². The molecule has 3 nitrogen and oxygen atoms in total. The first-order valence-corrected chi connectivity index (χ1v) is 6.37. The zero-order chi connectivity index (χ0) is 13.3. The summed E-state index contributed by atoms with van der Waals surface area (Å²) in [5, 5.41) is 11.6. The Morgan fingerprint density at radius 3 is 2.16 bits per heavy atom. The first kappa shape index (κ1) is 13.0. The average molecular weight is 251 g/mol. The van der Waals surface area contributed by atoms with Gasteiger partial charge in [-0.1, -0.05) is 31.2 Å². The highest BCUT2D eigenvalue weighted by molar-refractivity contribution is 5.52. The lowest BCUT2D eigenvalue weighted by Gasteiger charge is -2.00. The normalized spacial score (nSPS) is 11.2. The number of benzene rings is 2. The fraction of sp³-hybridized carbons (Fsp3) is 0.125. The molecule has 1 N–H and O–H groups in total. The maximum atomic E-state index is 4.19. The number of rotatable bonds is 5. The van der Waals surface area contributed by atoms with Crippen LogP contribution in [0.2, 0.25) is 0 Å². The first-order chi connectivity index (χ1) is 9.38. The Morgan fingerprint density at radius 1 is 0.895 bits per heavy atom. The van der Waals surface area contributed by atoms with Crippen LogP contribution in [-0.2, 0) is 0 Å². The summed E-state index contributed by atoms with van der Waals surface area (Å²) in [6.07, 6.45) is 5.04. The van der Waals surface area contributed by atoms with Gasteiger partial charge in [0.2, 0.25) is 0 Å². The zero-order valence-corrected chi connectivity index (χ0v) is 11.0. The van der Waals surface area contributed by atoms with E-state index in [1.165, 1.54) is 0 Å². The average Bonchev–Trinajstić information content (AvgIpc) is 2.48. The van der Waals surface area contributed by atoms with Crippen LogP contribution in [0.4, 0.5) is 17.1 Å². The summed E-state index contributed by atoms with van der Waals surface area (Å²) in [6, 6.07) is 17.6. The van der Waals surface area contributed by atoms with Crippen LogP contribution in [-0.4, -0.2) is 0 Å². The second-order valence-electron chi connectivity index (χ2n) is 4.04. The van der Waals surface area contributed by atoms with Crippen molar-refractivity contribution in [3.05, 3.63) is 66.9 Å². The minimum absolute atomic E-state index is 0.842. The molecule has 2 rings (SSSR count). The minimum Gasteiger partial charge on any atom is -0.362 e. The standard InChI is InChI=1S/C16H17N3/c1-2-3-13-17-14-9-11-16(12-10-14)19-18-15-7-5-4-6-8-15/h3-13,17H,2H2,1H3. The largest absolute Gasteiger partial charge is 0.362 e. The zero-order valence-electron chi connectivity index (χ0n) is 11.0. The molecule has 0 atom stereocenters. The molecule has 0 radical (unpaired) electrons. The Hall–Kier alpha value is -2.42. The molecule has 2 aromatic rings. The quantitative estimate of drug-likeness (QED) is 0.706. The van der Waals surface area contributed by atoms with Crippen LogP contribution in [0.1, 0.15) is 13.3 Å². The van der Waals surface area contributed by atoms with Crippen molar-refractivity contribution in [1.82, 2.24) is 0 Å². The highest BCUT2D eigenvalue weighted by Crippen LogP contribution is 2.19. The van der Waals surface area contributed by atoms with Gasteiger partial charge in [0, 0.05) is 5.69 Å². The molecule has 0 heterocycles. The fourth-order valence-electron chi connectivity index (χ4n) is 1.51. The Labute approximate surface area is 113 Å². The minimum atomic E-state index is 0.842. The number of hydrogen-bond acceptors (Lipinski definition) is 3. The smallest absolute Gasteiger partial charge is 0.0858 e. The van der Waals surface area contributed by atoms with E-state index in [1.54, 1.807) is 0 Å². The van der Waals surface area contributed by atoms with Crippen molar-refractivity contribution in [1.29, 1.82) is 0 Å². The molecule has 3 heteroatoms. The fourth-order valence-corrected chi connectivity index (χ4v) is 1.51. The summed E-state index contributed by atoms with van der Waals surface area (Å²) in [5.41, 5.74) is 2.74. The molecule has 0 unspecified atom stereocenters. The van der Waals surface area contributed by atoms with Crippen LogP contribution in [0.3, 0.4) is 0 Å². The van der Waals surface area contributed by atoms with Crippen molar-refractivity contribution in [2.24, 2.45) is 10.2 Å². The Bertz CT molecular complexity index is 542. The number of anilines is 1. The number of allylic oxidation sites excluding steroid dienone is 1. The van der Waals surface area contributed by atoms with Crippen LogP contribution in [0, 0.1) is 0 Å². The van der Waals surface area contributed by atoms with Gasteiger partial charge >= 0.3 is 0 Å². The molecule has 0 aliphatic carbocycles. The Kier molecular flexibility index (Phi) is 4.87. The molecule has 0 spiro atoms. The number of azo groups is 1. The van der Waals surface area contributed by atoms with Gasteiger partial charge in [0.15, 0.2) is 0 Å². The molecule has 2 aromatic carbocycles. The second kappa shape index (κ2) is 7.11.